The molecule has 3 N–H and O–H groups in total. The highest BCUT2D eigenvalue weighted by molar-refractivity contribution is 7.86. The molecule has 0 aliphatic carbocycles. The maximum atomic E-state index is 15.7. The minimum absolute atomic E-state index is 0.0585. The second-order valence-corrected chi connectivity index (χ2v) is 9.85. The highest BCUT2D eigenvalue weighted by atomic mass is 32.2. The summed E-state index contributed by atoms with van der Waals surface area (Å²) in [6.45, 7) is 2.34. The van der Waals surface area contributed by atoms with Gasteiger partial charge in [-0.25, -0.2) is 32.3 Å². The van der Waals surface area contributed by atoms with Crippen LogP contribution in [0, 0.1) is 17.5 Å². The number of hydrogen-bond acceptors (Lipinski definition) is 8. The molecule has 1 fully saturated rings. The molecule has 5 rings (SSSR count). The van der Waals surface area contributed by atoms with Crippen LogP contribution in [0.2, 0.25) is 0 Å². The number of aromatic nitrogens is 3. The van der Waals surface area contributed by atoms with Gasteiger partial charge >= 0.3 is 0 Å². The normalized spacial score (nSPS) is 14.6. The number of nitrogens with zero attached hydrogens (tertiary/aromatic N) is 4. The van der Waals surface area contributed by atoms with Crippen LogP contribution in [0.5, 0.6) is 0 Å². The van der Waals surface area contributed by atoms with E-state index < -0.39 is 33.3 Å². The molecule has 8 nitrogen and oxygen atoms in total. The number of rotatable bonds is 6. The Morgan fingerprint density at radius 1 is 1.08 bits per heavy atom. The number of halogens is 3. The fourth-order valence-electron chi connectivity index (χ4n) is 3.62. The van der Waals surface area contributed by atoms with Gasteiger partial charge in [-0.1, -0.05) is 17.4 Å². The van der Waals surface area contributed by atoms with Gasteiger partial charge in [0.05, 0.1) is 40.1 Å². The molecule has 4 aromatic rings. The van der Waals surface area contributed by atoms with Crippen LogP contribution < -0.4 is 15.4 Å². The monoisotopic (exact) mass is 532 g/mol. The minimum atomic E-state index is -2.26. The van der Waals surface area contributed by atoms with Crippen molar-refractivity contribution in [1.82, 2.24) is 15.0 Å². The van der Waals surface area contributed by atoms with Crippen molar-refractivity contribution in [3.8, 4) is 21.8 Å². The van der Waals surface area contributed by atoms with E-state index in [4.69, 9.17) is 15.5 Å². The van der Waals surface area contributed by atoms with Crippen LogP contribution in [0.3, 0.4) is 0 Å². The lowest BCUT2D eigenvalue weighted by atomic mass is 10.1. The molecule has 0 spiro atoms. The summed E-state index contributed by atoms with van der Waals surface area (Å²) in [6.07, 6.45) is 1.50. The summed E-state index contributed by atoms with van der Waals surface area (Å²) in [6, 6.07) is 8.65. The molecule has 36 heavy (non-hydrogen) atoms. The summed E-state index contributed by atoms with van der Waals surface area (Å²) in [5.74, 6) is -2.34. The van der Waals surface area contributed by atoms with E-state index in [2.05, 4.69) is 14.7 Å². The zero-order valence-corrected chi connectivity index (χ0v) is 20.2. The summed E-state index contributed by atoms with van der Waals surface area (Å²) in [4.78, 5) is 15.1. The molecule has 1 unspecified atom stereocenters. The number of nitrogen functional groups attached to an aromatic ring is 1. The fraction of sp³-hybridized carbons (Fsp3) is 0.174. The standard InChI is InChI=1S/C23H19F3N6O2S2/c24-13-4-5-15(25)18(12-13)36(33)31-16-3-1-2-14(19(16)26)20-21(17-6-7-28-22(27)29-17)35-23(30-20)32-8-10-34-11-9-32/h1-7,12,31H,8-11H2,(H2,27,28,29). The number of ether oxygens (including phenoxy) is 1. The first-order valence-corrected chi connectivity index (χ1v) is 12.7. The predicted molar refractivity (Wildman–Crippen MR) is 132 cm³/mol. The number of morpholine rings is 1. The Morgan fingerprint density at radius 2 is 1.89 bits per heavy atom. The third kappa shape index (κ3) is 4.90. The van der Waals surface area contributed by atoms with Crippen LogP contribution in [-0.4, -0.2) is 45.5 Å². The Labute approximate surface area is 210 Å². The molecule has 0 saturated carbocycles. The first-order valence-electron chi connectivity index (χ1n) is 10.8. The van der Waals surface area contributed by atoms with E-state index in [1.165, 1.54) is 29.7 Å². The summed E-state index contributed by atoms with van der Waals surface area (Å²) >= 11 is 1.33. The Morgan fingerprint density at radius 3 is 2.67 bits per heavy atom. The lowest BCUT2D eigenvalue weighted by Gasteiger charge is -2.26. The number of hydrogen-bond donors (Lipinski definition) is 2. The molecule has 1 aliphatic rings. The van der Waals surface area contributed by atoms with Gasteiger partial charge in [-0.3, -0.25) is 4.72 Å². The van der Waals surface area contributed by atoms with E-state index in [0.29, 0.717) is 47.7 Å². The zero-order valence-electron chi connectivity index (χ0n) is 18.6. The molecule has 0 amide bonds. The SMILES string of the molecule is Nc1nccc(-c2sc(N3CCOCC3)nc2-c2cccc(NS(=O)c3cc(F)ccc3F)c2F)n1. The number of thiazole rings is 1. The molecule has 0 bridgehead atoms. The molecular formula is C23H19F3N6O2S2. The molecular weight excluding hydrogens is 513 g/mol. The van der Waals surface area contributed by atoms with Crippen LogP contribution in [-0.2, 0) is 15.7 Å². The van der Waals surface area contributed by atoms with Gasteiger partial charge in [0.1, 0.15) is 11.6 Å². The van der Waals surface area contributed by atoms with Crippen LogP contribution >= 0.6 is 11.3 Å². The Kier molecular flexibility index (Phi) is 6.85. The first kappa shape index (κ1) is 24.2. The van der Waals surface area contributed by atoms with Crippen LogP contribution in [0.25, 0.3) is 21.8 Å². The lowest BCUT2D eigenvalue weighted by Crippen LogP contribution is -2.36. The van der Waals surface area contributed by atoms with E-state index in [-0.39, 0.29) is 17.2 Å². The van der Waals surface area contributed by atoms with Gasteiger partial charge in [0, 0.05) is 24.8 Å². The quantitative estimate of drug-likeness (QED) is 0.383. The Balaban J connectivity index is 1.56. The first-order chi connectivity index (χ1) is 17.4. The predicted octanol–water partition coefficient (Wildman–Crippen LogP) is 4.24. The van der Waals surface area contributed by atoms with Gasteiger partial charge in [0.2, 0.25) is 5.95 Å². The minimum Gasteiger partial charge on any atom is -0.378 e. The average molecular weight is 533 g/mol. The topological polar surface area (TPSA) is 106 Å². The van der Waals surface area contributed by atoms with E-state index in [1.54, 1.807) is 12.1 Å². The molecule has 0 radical (unpaired) electrons. The fourth-order valence-corrected chi connectivity index (χ4v) is 5.66. The molecule has 1 saturated heterocycles. The highest BCUT2D eigenvalue weighted by Gasteiger charge is 2.24. The van der Waals surface area contributed by atoms with E-state index >= 15 is 4.39 Å². The largest absolute Gasteiger partial charge is 0.378 e. The van der Waals surface area contributed by atoms with Gasteiger partial charge in [0.15, 0.2) is 21.9 Å². The summed E-state index contributed by atoms with van der Waals surface area (Å²) < 4.78 is 63.9. The maximum absolute atomic E-state index is 15.7. The lowest BCUT2D eigenvalue weighted by molar-refractivity contribution is 0.122. The second kappa shape index (κ2) is 10.2. The van der Waals surface area contributed by atoms with Crippen molar-refractivity contribution in [1.29, 1.82) is 0 Å². The maximum Gasteiger partial charge on any atom is 0.220 e. The van der Waals surface area contributed by atoms with Crippen LogP contribution in [0.1, 0.15) is 0 Å². The molecule has 1 aliphatic heterocycles. The average Bonchev–Trinajstić information content (AvgIpc) is 3.32. The molecule has 13 heteroatoms. The Hall–Kier alpha value is -3.55. The number of benzene rings is 2. The third-order valence-corrected chi connectivity index (χ3v) is 7.61. The van der Waals surface area contributed by atoms with E-state index in [9.17, 15) is 13.0 Å². The van der Waals surface area contributed by atoms with Crippen molar-refractivity contribution in [3.05, 3.63) is 66.1 Å². The van der Waals surface area contributed by atoms with Crippen molar-refractivity contribution in [2.75, 3.05) is 41.7 Å². The molecule has 2 aromatic heterocycles. The van der Waals surface area contributed by atoms with Crippen molar-refractivity contribution in [2.24, 2.45) is 0 Å². The highest BCUT2D eigenvalue weighted by Crippen LogP contribution is 2.41. The van der Waals surface area contributed by atoms with Crippen molar-refractivity contribution < 1.29 is 22.1 Å². The molecule has 3 heterocycles. The number of nitrogens with one attached hydrogen (secondary N) is 1. The van der Waals surface area contributed by atoms with E-state index in [1.807, 2.05) is 4.90 Å². The Bertz CT molecular complexity index is 1450. The molecule has 1 atom stereocenters. The third-order valence-electron chi connectivity index (χ3n) is 5.35. The van der Waals surface area contributed by atoms with Gasteiger partial charge in [-0.2, -0.15) is 0 Å². The molecule has 186 valence electrons. The number of anilines is 3. The second-order valence-electron chi connectivity index (χ2n) is 7.69. The zero-order chi connectivity index (χ0) is 25.2. The van der Waals surface area contributed by atoms with Crippen molar-refractivity contribution >= 4 is 39.1 Å². The summed E-state index contributed by atoms with van der Waals surface area (Å²) in [5.41, 5.74) is 6.51. The van der Waals surface area contributed by atoms with Crippen molar-refractivity contribution in [2.45, 2.75) is 4.90 Å². The van der Waals surface area contributed by atoms with Gasteiger partial charge in [0.25, 0.3) is 0 Å². The summed E-state index contributed by atoms with van der Waals surface area (Å²) in [7, 11) is -2.26. The number of nitrogens with two attached hydrogens (primary N) is 1. The van der Waals surface area contributed by atoms with Gasteiger partial charge in [-0.15, -0.1) is 0 Å². The smallest absolute Gasteiger partial charge is 0.220 e. The van der Waals surface area contributed by atoms with E-state index in [0.717, 1.165) is 18.2 Å². The summed E-state index contributed by atoms with van der Waals surface area (Å²) in [5, 5.41) is 0.656. The van der Waals surface area contributed by atoms with Crippen molar-refractivity contribution in [3.63, 3.8) is 0 Å². The van der Waals surface area contributed by atoms with Crippen LogP contribution in [0.15, 0.2) is 53.6 Å². The molecule has 2 aromatic carbocycles. The van der Waals surface area contributed by atoms with Gasteiger partial charge in [-0.05, 0) is 36.4 Å². The van der Waals surface area contributed by atoms with Crippen LogP contribution in [0.4, 0.5) is 29.9 Å². The van der Waals surface area contributed by atoms with Gasteiger partial charge < -0.3 is 15.4 Å².